The number of aromatic nitrogens is 2. The maximum absolute atomic E-state index is 5.89. The van der Waals surface area contributed by atoms with Gasteiger partial charge in [-0.2, -0.15) is 0 Å². The van der Waals surface area contributed by atoms with Crippen LogP contribution in [0.2, 0.25) is 0 Å². The van der Waals surface area contributed by atoms with Crippen molar-refractivity contribution in [2.24, 2.45) is 0 Å². The third-order valence-electron chi connectivity index (χ3n) is 3.44. The van der Waals surface area contributed by atoms with E-state index in [0.29, 0.717) is 11.7 Å². The second-order valence-corrected chi connectivity index (χ2v) is 5.45. The van der Waals surface area contributed by atoms with Crippen molar-refractivity contribution in [3.05, 3.63) is 11.9 Å². The van der Waals surface area contributed by atoms with E-state index in [4.69, 9.17) is 10.5 Å². The number of nitrogens with two attached hydrogens (primary N) is 1. The highest BCUT2D eigenvalue weighted by molar-refractivity contribution is 5.48. The molecule has 1 aromatic heterocycles. The molecular weight excluding hydrogens is 228 g/mol. The summed E-state index contributed by atoms with van der Waals surface area (Å²) < 4.78 is 5.74. The van der Waals surface area contributed by atoms with Crippen LogP contribution in [0, 0.1) is 0 Å². The highest BCUT2D eigenvalue weighted by atomic mass is 16.5. The predicted octanol–water partition coefficient (Wildman–Crippen LogP) is 1.55. The molecule has 5 nitrogen and oxygen atoms in total. The first-order valence-electron chi connectivity index (χ1n) is 6.66. The van der Waals surface area contributed by atoms with Gasteiger partial charge in [-0.25, -0.2) is 9.97 Å². The summed E-state index contributed by atoms with van der Waals surface area (Å²) in [5.74, 6) is 2.97. The Morgan fingerprint density at radius 3 is 2.50 bits per heavy atom. The number of morpholine rings is 1. The molecule has 0 radical (unpaired) electrons. The number of nitrogen functional groups attached to an aromatic ring is 1. The summed E-state index contributed by atoms with van der Waals surface area (Å²) in [6.07, 6.45) is 2.85. The van der Waals surface area contributed by atoms with Gasteiger partial charge in [-0.3, -0.25) is 0 Å². The van der Waals surface area contributed by atoms with E-state index in [9.17, 15) is 0 Å². The molecule has 1 aromatic rings. The zero-order chi connectivity index (χ0) is 12.7. The van der Waals surface area contributed by atoms with E-state index in [0.717, 1.165) is 24.7 Å². The molecule has 0 amide bonds. The molecule has 2 aliphatic rings. The smallest absolute Gasteiger partial charge is 0.136 e. The molecule has 1 aliphatic carbocycles. The van der Waals surface area contributed by atoms with Crippen LogP contribution in [-0.4, -0.2) is 35.3 Å². The van der Waals surface area contributed by atoms with Gasteiger partial charge >= 0.3 is 0 Å². The molecule has 2 N–H and O–H groups in total. The molecule has 1 aliphatic heterocycles. The fourth-order valence-corrected chi connectivity index (χ4v) is 2.52. The summed E-state index contributed by atoms with van der Waals surface area (Å²) in [5, 5.41) is 0. The van der Waals surface area contributed by atoms with Crippen LogP contribution < -0.4 is 10.6 Å². The van der Waals surface area contributed by atoms with Gasteiger partial charge in [0, 0.05) is 25.1 Å². The van der Waals surface area contributed by atoms with Crippen LogP contribution >= 0.6 is 0 Å². The van der Waals surface area contributed by atoms with Crippen LogP contribution in [0.3, 0.4) is 0 Å². The van der Waals surface area contributed by atoms with E-state index < -0.39 is 0 Å². The topological polar surface area (TPSA) is 64.3 Å². The molecule has 2 atom stereocenters. The SMILES string of the molecule is C[C@@H]1CN(c2cc(N)nc(C3CC3)n2)C[C@H](C)O1. The number of ether oxygens (including phenoxy) is 1. The summed E-state index contributed by atoms with van der Waals surface area (Å²) >= 11 is 0. The zero-order valence-corrected chi connectivity index (χ0v) is 11.0. The van der Waals surface area contributed by atoms with Crippen LogP contribution in [0.25, 0.3) is 0 Å². The third-order valence-corrected chi connectivity index (χ3v) is 3.44. The average molecular weight is 248 g/mol. The molecule has 0 bridgehead atoms. The molecule has 18 heavy (non-hydrogen) atoms. The average Bonchev–Trinajstić information content (AvgIpc) is 3.10. The molecule has 1 saturated heterocycles. The van der Waals surface area contributed by atoms with Gasteiger partial charge in [-0.05, 0) is 26.7 Å². The number of hydrogen-bond acceptors (Lipinski definition) is 5. The van der Waals surface area contributed by atoms with E-state index in [1.165, 1.54) is 12.8 Å². The van der Waals surface area contributed by atoms with Gasteiger partial charge in [0.2, 0.25) is 0 Å². The Hall–Kier alpha value is -1.36. The molecule has 0 unspecified atom stereocenters. The quantitative estimate of drug-likeness (QED) is 0.860. The van der Waals surface area contributed by atoms with Crippen molar-refractivity contribution in [3.8, 4) is 0 Å². The summed E-state index contributed by atoms with van der Waals surface area (Å²) in [6.45, 7) is 5.92. The van der Waals surface area contributed by atoms with Crippen LogP contribution in [0.4, 0.5) is 11.6 Å². The highest BCUT2D eigenvalue weighted by Gasteiger charge is 2.29. The summed E-state index contributed by atoms with van der Waals surface area (Å²) in [7, 11) is 0. The number of anilines is 2. The Kier molecular flexibility index (Phi) is 2.86. The molecule has 5 heteroatoms. The molecule has 2 fully saturated rings. The van der Waals surface area contributed by atoms with E-state index in [1.54, 1.807) is 0 Å². The van der Waals surface area contributed by atoms with Gasteiger partial charge in [-0.15, -0.1) is 0 Å². The van der Waals surface area contributed by atoms with E-state index in [2.05, 4.69) is 28.7 Å². The minimum absolute atomic E-state index is 0.231. The second-order valence-electron chi connectivity index (χ2n) is 5.45. The fourth-order valence-electron chi connectivity index (χ4n) is 2.52. The maximum atomic E-state index is 5.89. The van der Waals surface area contributed by atoms with Crippen molar-refractivity contribution in [2.45, 2.75) is 44.8 Å². The molecule has 0 aromatic carbocycles. The Morgan fingerprint density at radius 2 is 1.89 bits per heavy atom. The van der Waals surface area contributed by atoms with Crippen molar-refractivity contribution >= 4 is 11.6 Å². The Balaban J connectivity index is 1.86. The third kappa shape index (κ3) is 2.41. The largest absolute Gasteiger partial charge is 0.384 e. The van der Waals surface area contributed by atoms with E-state index in [1.807, 2.05) is 6.07 Å². The van der Waals surface area contributed by atoms with Crippen LogP contribution in [0.1, 0.15) is 38.4 Å². The Bertz CT molecular complexity index is 437. The number of rotatable bonds is 2. The molecule has 98 valence electrons. The lowest BCUT2D eigenvalue weighted by molar-refractivity contribution is -0.00547. The first kappa shape index (κ1) is 11.7. The summed E-state index contributed by atoms with van der Waals surface area (Å²) in [6, 6.07) is 1.87. The van der Waals surface area contributed by atoms with Gasteiger partial charge in [0.15, 0.2) is 0 Å². The van der Waals surface area contributed by atoms with E-state index >= 15 is 0 Å². The van der Waals surface area contributed by atoms with Gasteiger partial charge in [0.05, 0.1) is 12.2 Å². The lowest BCUT2D eigenvalue weighted by atomic mass is 10.2. The van der Waals surface area contributed by atoms with Gasteiger partial charge in [0.1, 0.15) is 17.5 Å². The lowest BCUT2D eigenvalue weighted by Gasteiger charge is -2.36. The Labute approximate surface area is 107 Å². The fraction of sp³-hybridized carbons (Fsp3) is 0.692. The zero-order valence-electron chi connectivity index (χ0n) is 11.0. The standard InChI is InChI=1S/C13H20N4O/c1-8-6-17(7-9(2)18-8)12-5-11(14)15-13(16-12)10-3-4-10/h5,8-10H,3-4,6-7H2,1-2H3,(H2,14,15,16)/t8-,9+. The number of nitrogens with zero attached hydrogens (tertiary/aromatic N) is 3. The van der Waals surface area contributed by atoms with Gasteiger partial charge < -0.3 is 15.4 Å². The van der Waals surface area contributed by atoms with Crippen molar-refractivity contribution in [1.29, 1.82) is 0 Å². The monoisotopic (exact) mass is 248 g/mol. The minimum Gasteiger partial charge on any atom is -0.384 e. The van der Waals surface area contributed by atoms with Crippen molar-refractivity contribution in [1.82, 2.24) is 9.97 Å². The normalized spacial score (nSPS) is 28.4. The summed E-state index contributed by atoms with van der Waals surface area (Å²) in [4.78, 5) is 11.3. The second kappa shape index (κ2) is 4.39. The van der Waals surface area contributed by atoms with Crippen LogP contribution in [0.5, 0.6) is 0 Å². The Morgan fingerprint density at radius 1 is 1.22 bits per heavy atom. The highest BCUT2D eigenvalue weighted by Crippen LogP contribution is 2.39. The maximum Gasteiger partial charge on any atom is 0.136 e. The van der Waals surface area contributed by atoms with Crippen LogP contribution in [-0.2, 0) is 4.74 Å². The van der Waals surface area contributed by atoms with Crippen LogP contribution in [0.15, 0.2) is 6.07 Å². The number of hydrogen-bond donors (Lipinski definition) is 1. The predicted molar refractivity (Wildman–Crippen MR) is 70.6 cm³/mol. The molecule has 0 spiro atoms. The first-order valence-corrected chi connectivity index (χ1v) is 6.66. The van der Waals surface area contributed by atoms with Gasteiger partial charge in [0.25, 0.3) is 0 Å². The van der Waals surface area contributed by atoms with Crippen molar-refractivity contribution in [3.63, 3.8) is 0 Å². The van der Waals surface area contributed by atoms with Crippen molar-refractivity contribution in [2.75, 3.05) is 23.7 Å². The molecule has 1 saturated carbocycles. The van der Waals surface area contributed by atoms with Crippen molar-refractivity contribution < 1.29 is 4.74 Å². The van der Waals surface area contributed by atoms with E-state index in [-0.39, 0.29) is 12.2 Å². The summed E-state index contributed by atoms with van der Waals surface area (Å²) in [5.41, 5.74) is 5.89. The van der Waals surface area contributed by atoms with Gasteiger partial charge in [-0.1, -0.05) is 0 Å². The molecular formula is C13H20N4O. The first-order chi connectivity index (χ1) is 8.61. The molecule has 3 rings (SSSR count). The molecule has 2 heterocycles. The lowest BCUT2D eigenvalue weighted by Crippen LogP contribution is -2.46. The minimum atomic E-state index is 0.231.